The molecule has 5 nitrogen and oxygen atoms in total. The number of halogens is 2. The number of hydrazine groups is 1. The SMILES string of the molecule is COCC(C)N(C)c1nc(NN)c(Cl)cc1Cl. The molecule has 0 bridgehead atoms. The van der Waals surface area contributed by atoms with Crippen LogP contribution >= 0.6 is 23.2 Å². The van der Waals surface area contributed by atoms with Crippen LogP contribution in [0.1, 0.15) is 6.92 Å². The fraction of sp³-hybridized carbons (Fsp3) is 0.500. The molecule has 17 heavy (non-hydrogen) atoms. The van der Waals surface area contributed by atoms with Crippen molar-refractivity contribution >= 4 is 34.8 Å². The highest BCUT2D eigenvalue weighted by atomic mass is 35.5. The Bertz CT molecular complexity index is 389. The largest absolute Gasteiger partial charge is 0.383 e. The van der Waals surface area contributed by atoms with Crippen molar-refractivity contribution in [3.05, 3.63) is 16.1 Å². The molecular formula is C10H16Cl2N4O. The van der Waals surface area contributed by atoms with Crippen LogP contribution in [0.25, 0.3) is 0 Å². The third-order valence-corrected chi connectivity index (χ3v) is 3.02. The molecule has 1 atom stereocenters. The fourth-order valence-corrected chi connectivity index (χ4v) is 1.91. The molecule has 0 aliphatic rings. The zero-order valence-corrected chi connectivity index (χ0v) is 11.5. The molecule has 1 aromatic heterocycles. The molecular weight excluding hydrogens is 263 g/mol. The maximum absolute atomic E-state index is 6.10. The number of aromatic nitrogens is 1. The molecule has 1 heterocycles. The summed E-state index contributed by atoms with van der Waals surface area (Å²) in [4.78, 5) is 6.17. The molecule has 0 radical (unpaired) electrons. The number of methoxy groups -OCH3 is 1. The van der Waals surface area contributed by atoms with Crippen molar-refractivity contribution in [2.24, 2.45) is 5.84 Å². The van der Waals surface area contributed by atoms with Crippen molar-refractivity contribution in [3.63, 3.8) is 0 Å². The maximum atomic E-state index is 6.10. The summed E-state index contributed by atoms with van der Waals surface area (Å²) in [6, 6.07) is 1.74. The number of pyridine rings is 1. The molecule has 1 rings (SSSR count). The molecule has 0 fully saturated rings. The van der Waals surface area contributed by atoms with Crippen molar-refractivity contribution in [2.45, 2.75) is 13.0 Å². The van der Waals surface area contributed by atoms with E-state index < -0.39 is 0 Å². The van der Waals surface area contributed by atoms with Crippen LogP contribution < -0.4 is 16.2 Å². The van der Waals surface area contributed by atoms with Gasteiger partial charge in [0.1, 0.15) is 5.82 Å². The van der Waals surface area contributed by atoms with Crippen molar-refractivity contribution in [2.75, 3.05) is 31.1 Å². The smallest absolute Gasteiger partial charge is 0.161 e. The third kappa shape index (κ3) is 3.35. The van der Waals surface area contributed by atoms with Crippen molar-refractivity contribution in [1.29, 1.82) is 0 Å². The van der Waals surface area contributed by atoms with Gasteiger partial charge < -0.3 is 15.1 Å². The van der Waals surface area contributed by atoms with Gasteiger partial charge in [0.25, 0.3) is 0 Å². The summed E-state index contributed by atoms with van der Waals surface area (Å²) in [5.41, 5.74) is 2.43. The average Bonchev–Trinajstić information content (AvgIpc) is 2.29. The Kier molecular flexibility index (Phi) is 5.27. The third-order valence-electron chi connectivity index (χ3n) is 2.45. The van der Waals surface area contributed by atoms with Crippen molar-refractivity contribution in [3.8, 4) is 0 Å². The average molecular weight is 279 g/mol. The normalized spacial score (nSPS) is 12.4. The number of nitrogen functional groups attached to an aromatic ring is 1. The Hall–Kier alpha value is -0.750. The van der Waals surface area contributed by atoms with Gasteiger partial charge in [-0.15, -0.1) is 0 Å². The van der Waals surface area contributed by atoms with Gasteiger partial charge in [-0.25, -0.2) is 10.8 Å². The lowest BCUT2D eigenvalue weighted by Gasteiger charge is -2.26. The number of nitrogens with zero attached hydrogens (tertiary/aromatic N) is 2. The number of likely N-dealkylation sites (N-methyl/N-ethyl adjacent to an activating group) is 1. The van der Waals surface area contributed by atoms with E-state index in [1.807, 2.05) is 18.9 Å². The summed E-state index contributed by atoms with van der Waals surface area (Å²) >= 11 is 12.0. The standard InChI is InChI=1S/C10H16Cl2N4O/c1-6(5-17-3)16(2)10-8(12)4-7(11)9(14-10)15-13/h4,6H,5,13H2,1-3H3,(H,14,15). The summed E-state index contributed by atoms with van der Waals surface area (Å²) in [6.07, 6.45) is 0. The van der Waals surface area contributed by atoms with Crippen LogP contribution in [-0.2, 0) is 4.74 Å². The number of rotatable bonds is 5. The van der Waals surface area contributed by atoms with E-state index in [9.17, 15) is 0 Å². The van der Waals surface area contributed by atoms with Crippen LogP contribution in [0.3, 0.4) is 0 Å². The van der Waals surface area contributed by atoms with E-state index in [1.54, 1.807) is 13.2 Å². The highest BCUT2D eigenvalue weighted by Crippen LogP contribution is 2.31. The molecule has 0 amide bonds. The van der Waals surface area contributed by atoms with Crippen LogP contribution in [-0.4, -0.2) is 31.8 Å². The van der Waals surface area contributed by atoms with Gasteiger partial charge in [-0.05, 0) is 13.0 Å². The van der Waals surface area contributed by atoms with E-state index in [4.69, 9.17) is 33.8 Å². The van der Waals surface area contributed by atoms with Gasteiger partial charge in [0, 0.05) is 14.2 Å². The number of nitrogens with two attached hydrogens (primary N) is 1. The highest BCUT2D eigenvalue weighted by molar-refractivity contribution is 6.37. The van der Waals surface area contributed by atoms with E-state index in [0.717, 1.165) is 0 Å². The van der Waals surface area contributed by atoms with E-state index in [-0.39, 0.29) is 6.04 Å². The van der Waals surface area contributed by atoms with Crippen LogP contribution in [0.5, 0.6) is 0 Å². The zero-order chi connectivity index (χ0) is 13.0. The van der Waals surface area contributed by atoms with Gasteiger partial charge in [0.2, 0.25) is 0 Å². The molecule has 1 unspecified atom stereocenters. The quantitative estimate of drug-likeness (QED) is 0.638. The molecule has 0 aliphatic heterocycles. The van der Waals surface area contributed by atoms with Gasteiger partial charge >= 0.3 is 0 Å². The summed E-state index contributed by atoms with van der Waals surface area (Å²) in [5, 5.41) is 0.855. The second-order valence-electron chi connectivity index (χ2n) is 3.68. The van der Waals surface area contributed by atoms with Crippen molar-refractivity contribution < 1.29 is 4.74 Å². The Labute approximate surface area is 111 Å². The first-order valence-corrected chi connectivity index (χ1v) is 5.81. The first-order chi connectivity index (χ1) is 8.01. The predicted octanol–water partition coefficient (Wildman–Crippen LogP) is 2.15. The van der Waals surface area contributed by atoms with E-state index >= 15 is 0 Å². The highest BCUT2D eigenvalue weighted by Gasteiger charge is 2.16. The Balaban J connectivity index is 3.04. The van der Waals surface area contributed by atoms with Gasteiger partial charge in [0.15, 0.2) is 5.82 Å². The molecule has 1 aromatic rings. The first kappa shape index (κ1) is 14.3. The fourth-order valence-electron chi connectivity index (χ4n) is 1.37. The number of ether oxygens (including phenoxy) is 1. The molecule has 3 N–H and O–H groups in total. The lowest BCUT2D eigenvalue weighted by molar-refractivity contribution is 0.183. The molecule has 0 spiro atoms. The monoisotopic (exact) mass is 278 g/mol. The van der Waals surface area contributed by atoms with E-state index in [0.29, 0.717) is 28.3 Å². The minimum absolute atomic E-state index is 0.136. The molecule has 96 valence electrons. The van der Waals surface area contributed by atoms with Crippen molar-refractivity contribution in [1.82, 2.24) is 4.98 Å². The molecule has 0 saturated carbocycles. The Morgan fingerprint density at radius 2 is 2.18 bits per heavy atom. The maximum Gasteiger partial charge on any atom is 0.161 e. The lowest BCUT2D eigenvalue weighted by atomic mass is 10.3. The molecule has 0 aliphatic carbocycles. The predicted molar refractivity (Wildman–Crippen MR) is 71.8 cm³/mol. The summed E-state index contributed by atoms with van der Waals surface area (Å²) < 4.78 is 5.09. The number of hydrogen-bond acceptors (Lipinski definition) is 5. The van der Waals surface area contributed by atoms with Crippen LogP contribution in [0, 0.1) is 0 Å². The van der Waals surface area contributed by atoms with Crippen LogP contribution in [0.2, 0.25) is 10.0 Å². The minimum Gasteiger partial charge on any atom is -0.383 e. The van der Waals surface area contributed by atoms with Gasteiger partial charge in [-0.1, -0.05) is 23.2 Å². The van der Waals surface area contributed by atoms with Crippen LogP contribution in [0.4, 0.5) is 11.6 Å². The van der Waals surface area contributed by atoms with Crippen LogP contribution in [0.15, 0.2) is 6.07 Å². The zero-order valence-electron chi connectivity index (χ0n) is 10.00. The molecule has 7 heteroatoms. The topological polar surface area (TPSA) is 63.4 Å². The Morgan fingerprint density at radius 3 is 2.71 bits per heavy atom. The van der Waals surface area contributed by atoms with Gasteiger partial charge in [0.05, 0.1) is 22.7 Å². The Morgan fingerprint density at radius 1 is 1.53 bits per heavy atom. The second kappa shape index (κ2) is 6.26. The molecule has 0 saturated heterocycles. The number of anilines is 2. The number of hydrogen-bond donors (Lipinski definition) is 2. The lowest BCUT2D eigenvalue weighted by Crippen LogP contribution is -2.33. The summed E-state index contributed by atoms with van der Waals surface area (Å²) in [7, 11) is 3.53. The van der Waals surface area contributed by atoms with E-state index in [1.165, 1.54) is 0 Å². The molecule has 0 aromatic carbocycles. The van der Waals surface area contributed by atoms with Gasteiger partial charge in [-0.2, -0.15) is 0 Å². The van der Waals surface area contributed by atoms with Gasteiger partial charge in [-0.3, -0.25) is 0 Å². The summed E-state index contributed by atoms with van der Waals surface area (Å²) in [5.74, 6) is 6.32. The summed E-state index contributed by atoms with van der Waals surface area (Å²) in [6.45, 7) is 2.58. The minimum atomic E-state index is 0.136. The second-order valence-corrected chi connectivity index (χ2v) is 4.50. The number of nitrogens with one attached hydrogen (secondary N) is 1. The first-order valence-electron chi connectivity index (χ1n) is 5.05. The van der Waals surface area contributed by atoms with E-state index in [2.05, 4.69) is 10.4 Å².